The van der Waals surface area contributed by atoms with Gasteiger partial charge in [-0.15, -0.1) is 0 Å². The minimum absolute atomic E-state index is 0.0875. The number of carboxylic acid groups (broad SMARTS) is 1. The molecule has 0 aliphatic rings. The highest BCUT2D eigenvalue weighted by molar-refractivity contribution is 5.88. The Kier molecular flexibility index (Phi) is 4.26. The quantitative estimate of drug-likeness (QED) is 0.891. The van der Waals surface area contributed by atoms with E-state index in [2.05, 4.69) is 25.8 Å². The van der Waals surface area contributed by atoms with Crippen LogP contribution in [-0.2, 0) is 5.41 Å². The third-order valence-electron chi connectivity index (χ3n) is 3.72. The summed E-state index contributed by atoms with van der Waals surface area (Å²) in [6.45, 7) is 6.53. The van der Waals surface area contributed by atoms with Gasteiger partial charge in [0.05, 0.1) is 0 Å². The molecule has 1 aromatic heterocycles. The lowest BCUT2D eigenvalue weighted by atomic mass is 9.82. The second kappa shape index (κ2) is 5.95. The van der Waals surface area contributed by atoms with Gasteiger partial charge in [-0.3, -0.25) is 0 Å². The molecule has 0 unspecified atom stereocenters. The van der Waals surface area contributed by atoms with Crippen LogP contribution in [0.1, 0.15) is 43.2 Å². The highest BCUT2D eigenvalue weighted by Crippen LogP contribution is 2.30. The zero-order valence-electron chi connectivity index (χ0n) is 12.5. The zero-order valence-corrected chi connectivity index (χ0v) is 12.5. The molecule has 1 heterocycles. The fraction of sp³-hybridized carbons (Fsp3) is 0.294. The molecule has 0 spiro atoms. The van der Waals surface area contributed by atoms with Gasteiger partial charge in [0.1, 0.15) is 5.75 Å². The molecule has 0 amide bonds. The summed E-state index contributed by atoms with van der Waals surface area (Å²) in [7, 11) is 0. The van der Waals surface area contributed by atoms with E-state index in [4.69, 9.17) is 9.84 Å². The summed E-state index contributed by atoms with van der Waals surface area (Å²) in [5.74, 6) is -0.261. The van der Waals surface area contributed by atoms with Crippen LogP contribution in [-0.4, -0.2) is 16.1 Å². The lowest BCUT2D eigenvalue weighted by Crippen LogP contribution is -2.14. The molecule has 0 saturated heterocycles. The van der Waals surface area contributed by atoms with Crippen LogP contribution in [0.2, 0.25) is 0 Å². The maximum Gasteiger partial charge on any atom is 0.358 e. The molecule has 1 N–H and O–H groups in total. The zero-order chi connectivity index (χ0) is 15.5. The minimum Gasteiger partial charge on any atom is -0.476 e. The van der Waals surface area contributed by atoms with Crippen molar-refractivity contribution < 1.29 is 14.6 Å². The number of ether oxygens (including phenoxy) is 1. The SMILES string of the molecule is CCC(C)(C)c1ccc(Oc2cccnc2C(=O)O)cc1. The standard InChI is InChI=1S/C17H19NO3/c1-4-17(2,3)12-7-9-13(10-8-12)21-14-6-5-11-18-15(14)16(19)20/h5-11H,4H2,1-3H3,(H,19,20). The van der Waals surface area contributed by atoms with E-state index < -0.39 is 5.97 Å². The average molecular weight is 285 g/mol. The number of aromatic nitrogens is 1. The molecule has 110 valence electrons. The predicted octanol–water partition coefficient (Wildman–Crippen LogP) is 4.26. The van der Waals surface area contributed by atoms with E-state index in [1.165, 1.54) is 11.8 Å². The Bertz CT molecular complexity index is 633. The van der Waals surface area contributed by atoms with Crippen molar-refractivity contribution >= 4 is 5.97 Å². The van der Waals surface area contributed by atoms with Crippen LogP contribution >= 0.6 is 0 Å². The summed E-state index contributed by atoms with van der Waals surface area (Å²) in [5, 5.41) is 9.08. The number of pyridine rings is 1. The van der Waals surface area contributed by atoms with Crippen LogP contribution < -0.4 is 4.74 Å². The first kappa shape index (κ1) is 15.0. The van der Waals surface area contributed by atoms with Crippen molar-refractivity contribution in [2.45, 2.75) is 32.6 Å². The van der Waals surface area contributed by atoms with E-state index >= 15 is 0 Å². The Labute approximate surface area is 124 Å². The number of hydrogen-bond donors (Lipinski definition) is 1. The number of carboxylic acids is 1. The Balaban J connectivity index is 2.24. The number of benzene rings is 1. The molecule has 2 aromatic rings. The van der Waals surface area contributed by atoms with Crippen LogP contribution in [0.15, 0.2) is 42.6 Å². The number of nitrogens with zero attached hydrogens (tertiary/aromatic N) is 1. The Hall–Kier alpha value is -2.36. The molecular formula is C17H19NO3. The number of rotatable bonds is 5. The molecule has 4 heteroatoms. The molecule has 0 fully saturated rings. The van der Waals surface area contributed by atoms with Gasteiger partial charge in [0.25, 0.3) is 0 Å². The first-order valence-corrected chi connectivity index (χ1v) is 6.91. The third kappa shape index (κ3) is 3.40. The molecule has 1 aromatic carbocycles. The summed E-state index contributed by atoms with van der Waals surface area (Å²) < 4.78 is 5.63. The van der Waals surface area contributed by atoms with Crippen molar-refractivity contribution in [3.8, 4) is 11.5 Å². The molecule has 2 rings (SSSR count). The van der Waals surface area contributed by atoms with E-state index in [0.29, 0.717) is 5.75 Å². The third-order valence-corrected chi connectivity index (χ3v) is 3.72. The molecule has 0 radical (unpaired) electrons. The highest BCUT2D eigenvalue weighted by Gasteiger charge is 2.18. The average Bonchev–Trinajstić information content (AvgIpc) is 2.48. The topological polar surface area (TPSA) is 59.4 Å². The van der Waals surface area contributed by atoms with Crippen molar-refractivity contribution in [2.24, 2.45) is 0 Å². The normalized spacial score (nSPS) is 11.2. The van der Waals surface area contributed by atoms with E-state index in [-0.39, 0.29) is 16.9 Å². The summed E-state index contributed by atoms with van der Waals surface area (Å²) in [4.78, 5) is 14.9. The molecule has 0 aliphatic heterocycles. The number of hydrogen-bond acceptors (Lipinski definition) is 3. The maximum absolute atomic E-state index is 11.1. The van der Waals surface area contributed by atoms with Crippen LogP contribution in [0.3, 0.4) is 0 Å². The second-order valence-electron chi connectivity index (χ2n) is 5.52. The molecule has 0 aliphatic carbocycles. The predicted molar refractivity (Wildman–Crippen MR) is 81.0 cm³/mol. The van der Waals surface area contributed by atoms with Crippen molar-refractivity contribution in [3.05, 3.63) is 53.9 Å². The Morgan fingerprint density at radius 3 is 2.48 bits per heavy atom. The van der Waals surface area contributed by atoms with Crippen molar-refractivity contribution in [1.82, 2.24) is 4.98 Å². The highest BCUT2D eigenvalue weighted by atomic mass is 16.5. The number of carbonyl (C=O) groups is 1. The largest absolute Gasteiger partial charge is 0.476 e. The first-order chi connectivity index (χ1) is 9.94. The summed E-state index contributed by atoms with van der Waals surface area (Å²) in [6.07, 6.45) is 2.47. The molecule has 0 bridgehead atoms. The van der Waals surface area contributed by atoms with E-state index in [1.54, 1.807) is 12.1 Å². The lowest BCUT2D eigenvalue weighted by Gasteiger charge is -2.23. The minimum atomic E-state index is -1.10. The fourth-order valence-corrected chi connectivity index (χ4v) is 1.94. The van der Waals surface area contributed by atoms with E-state index in [0.717, 1.165) is 6.42 Å². The summed E-state index contributed by atoms with van der Waals surface area (Å²) in [5.41, 5.74) is 1.25. The first-order valence-electron chi connectivity index (χ1n) is 6.91. The van der Waals surface area contributed by atoms with E-state index in [9.17, 15) is 4.79 Å². The summed E-state index contributed by atoms with van der Waals surface area (Å²) in [6, 6.07) is 11.0. The lowest BCUT2D eigenvalue weighted by molar-refractivity contribution is 0.0687. The summed E-state index contributed by atoms with van der Waals surface area (Å²) >= 11 is 0. The molecular weight excluding hydrogens is 266 g/mol. The fourth-order valence-electron chi connectivity index (χ4n) is 1.94. The van der Waals surface area contributed by atoms with Crippen LogP contribution in [0.4, 0.5) is 0 Å². The van der Waals surface area contributed by atoms with Gasteiger partial charge in [0.15, 0.2) is 11.4 Å². The van der Waals surface area contributed by atoms with E-state index in [1.807, 2.05) is 24.3 Å². The van der Waals surface area contributed by atoms with Gasteiger partial charge in [-0.25, -0.2) is 9.78 Å². The van der Waals surface area contributed by atoms with Gasteiger partial charge in [0.2, 0.25) is 0 Å². The molecule has 4 nitrogen and oxygen atoms in total. The van der Waals surface area contributed by atoms with Crippen molar-refractivity contribution in [1.29, 1.82) is 0 Å². The van der Waals surface area contributed by atoms with Crippen LogP contribution in [0, 0.1) is 0 Å². The second-order valence-corrected chi connectivity index (χ2v) is 5.52. The molecule has 0 atom stereocenters. The Morgan fingerprint density at radius 1 is 1.24 bits per heavy atom. The van der Waals surface area contributed by atoms with Gasteiger partial charge < -0.3 is 9.84 Å². The van der Waals surface area contributed by atoms with Gasteiger partial charge >= 0.3 is 5.97 Å². The monoisotopic (exact) mass is 285 g/mol. The van der Waals surface area contributed by atoms with Crippen molar-refractivity contribution in [3.63, 3.8) is 0 Å². The van der Waals surface area contributed by atoms with Crippen molar-refractivity contribution in [2.75, 3.05) is 0 Å². The van der Waals surface area contributed by atoms with Gasteiger partial charge in [-0.05, 0) is 41.7 Å². The van der Waals surface area contributed by atoms with Gasteiger partial charge in [0, 0.05) is 6.20 Å². The smallest absolute Gasteiger partial charge is 0.358 e. The van der Waals surface area contributed by atoms with Gasteiger partial charge in [-0.1, -0.05) is 32.9 Å². The number of aromatic carboxylic acids is 1. The van der Waals surface area contributed by atoms with Crippen LogP contribution in [0.25, 0.3) is 0 Å². The maximum atomic E-state index is 11.1. The van der Waals surface area contributed by atoms with Gasteiger partial charge in [-0.2, -0.15) is 0 Å². The Morgan fingerprint density at radius 2 is 1.90 bits per heavy atom. The molecule has 0 saturated carbocycles. The molecule has 21 heavy (non-hydrogen) atoms. The van der Waals surface area contributed by atoms with Crippen LogP contribution in [0.5, 0.6) is 11.5 Å².